The molecule has 0 saturated carbocycles. The summed E-state index contributed by atoms with van der Waals surface area (Å²) in [7, 11) is 0. The molecular weight excluding hydrogens is 387 g/mol. The van der Waals surface area contributed by atoms with Gasteiger partial charge in [-0.15, -0.1) is 0 Å². The van der Waals surface area contributed by atoms with Gasteiger partial charge in [-0.05, 0) is 35.4 Å². The summed E-state index contributed by atoms with van der Waals surface area (Å²) >= 11 is 19.7. The second kappa shape index (κ2) is 6.79. The van der Waals surface area contributed by atoms with Crippen LogP contribution in [0.1, 0.15) is 19.4 Å². The van der Waals surface area contributed by atoms with Gasteiger partial charge >= 0.3 is 0 Å². The van der Waals surface area contributed by atoms with E-state index >= 15 is 0 Å². The van der Waals surface area contributed by atoms with Crippen molar-refractivity contribution >= 4 is 55.1 Å². The number of hydrogen-bond donors (Lipinski definition) is 0. The van der Waals surface area contributed by atoms with E-state index in [9.17, 15) is 0 Å². The summed E-state index contributed by atoms with van der Waals surface area (Å²) in [5, 5.41) is 3.35. The Morgan fingerprint density at radius 2 is 1.59 bits per heavy atom. The highest BCUT2D eigenvalue weighted by molar-refractivity contribution is 9.09. The summed E-state index contributed by atoms with van der Waals surface area (Å²) in [6.45, 7) is 4.46. The largest absolute Gasteiger partial charge is 0.0921 e. The van der Waals surface area contributed by atoms with Gasteiger partial charge in [0.25, 0.3) is 0 Å². The molecule has 0 radical (unpaired) electrons. The zero-order valence-corrected chi connectivity index (χ0v) is 14.6. The zero-order chi connectivity index (χ0) is 13.1. The smallest absolute Gasteiger partial charge is 0.0453 e. The molecule has 17 heavy (non-hydrogen) atoms. The summed E-state index contributed by atoms with van der Waals surface area (Å²) in [4.78, 5) is 0. The molecule has 0 aliphatic carbocycles. The number of halogens is 4. The van der Waals surface area contributed by atoms with Gasteiger partial charge in [0.2, 0.25) is 0 Å². The van der Waals surface area contributed by atoms with E-state index in [2.05, 4.69) is 45.7 Å². The molecule has 0 spiro atoms. The minimum Gasteiger partial charge on any atom is -0.0921 e. The van der Waals surface area contributed by atoms with Crippen molar-refractivity contribution in [2.75, 3.05) is 10.7 Å². The Balaban J connectivity index is 3.10. The number of alkyl halides is 2. The molecule has 4 heteroatoms. The van der Waals surface area contributed by atoms with Gasteiger partial charge in [0.05, 0.1) is 0 Å². The predicted octanol–water partition coefficient (Wildman–Crippen LogP) is 5.97. The van der Waals surface area contributed by atoms with Gasteiger partial charge < -0.3 is 0 Å². The summed E-state index contributed by atoms with van der Waals surface area (Å²) in [6, 6.07) is 5.68. The molecule has 0 unspecified atom stereocenters. The monoisotopic (exact) mass is 400 g/mol. The Hall–Kier alpha value is 0.760. The average Bonchev–Trinajstić information content (AvgIpc) is 2.29. The van der Waals surface area contributed by atoms with E-state index in [-0.39, 0.29) is 5.41 Å². The molecule has 96 valence electrons. The topological polar surface area (TPSA) is 0 Å². The van der Waals surface area contributed by atoms with Crippen LogP contribution in [-0.4, -0.2) is 10.7 Å². The number of hydrogen-bond acceptors (Lipinski definition) is 0. The summed E-state index contributed by atoms with van der Waals surface area (Å²) in [5.74, 6) is 0.536. The lowest BCUT2D eigenvalue weighted by Crippen LogP contribution is -2.33. The molecule has 0 heterocycles. The van der Waals surface area contributed by atoms with Crippen molar-refractivity contribution in [1.29, 1.82) is 0 Å². The third kappa shape index (κ3) is 3.62. The molecule has 0 aliphatic heterocycles. The van der Waals surface area contributed by atoms with E-state index in [0.29, 0.717) is 5.92 Å². The lowest BCUT2D eigenvalue weighted by molar-refractivity contribution is 0.268. The fourth-order valence-electron chi connectivity index (χ4n) is 1.70. The van der Waals surface area contributed by atoms with Crippen LogP contribution in [0.2, 0.25) is 10.0 Å². The van der Waals surface area contributed by atoms with Gasteiger partial charge in [0.15, 0.2) is 0 Å². The zero-order valence-electron chi connectivity index (χ0n) is 9.94. The fraction of sp³-hybridized carbons (Fsp3) is 0.538. The standard InChI is InChI=1S/C13H16Br2Cl2/c1-9(2)13(7-14,8-15)6-10-11(16)4-3-5-12(10)17/h3-5,9H,6-8H2,1-2H3. The quantitative estimate of drug-likeness (QED) is 0.532. The van der Waals surface area contributed by atoms with Gasteiger partial charge in [-0.25, -0.2) is 0 Å². The van der Waals surface area contributed by atoms with Crippen LogP contribution in [0.3, 0.4) is 0 Å². The first-order valence-corrected chi connectivity index (χ1v) is 8.51. The predicted molar refractivity (Wildman–Crippen MR) is 85.0 cm³/mol. The van der Waals surface area contributed by atoms with Gasteiger partial charge in [-0.2, -0.15) is 0 Å². The van der Waals surface area contributed by atoms with Crippen molar-refractivity contribution < 1.29 is 0 Å². The Kier molecular flexibility index (Phi) is 6.32. The molecule has 1 aromatic rings. The van der Waals surface area contributed by atoms with Crippen molar-refractivity contribution in [1.82, 2.24) is 0 Å². The van der Waals surface area contributed by atoms with E-state index in [0.717, 1.165) is 32.7 Å². The van der Waals surface area contributed by atoms with Crippen LogP contribution in [0, 0.1) is 11.3 Å². The van der Waals surface area contributed by atoms with E-state index in [1.807, 2.05) is 18.2 Å². The van der Waals surface area contributed by atoms with Crippen LogP contribution in [0.15, 0.2) is 18.2 Å². The van der Waals surface area contributed by atoms with Crippen molar-refractivity contribution in [3.8, 4) is 0 Å². The molecule has 1 rings (SSSR count). The second-order valence-electron chi connectivity index (χ2n) is 4.66. The minimum atomic E-state index is 0.134. The SMILES string of the molecule is CC(C)C(CBr)(CBr)Cc1c(Cl)cccc1Cl. The van der Waals surface area contributed by atoms with Crippen molar-refractivity contribution in [2.24, 2.45) is 11.3 Å². The first-order valence-electron chi connectivity index (χ1n) is 5.51. The van der Waals surface area contributed by atoms with E-state index in [1.54, 1.807) is 0 Å². The maximum atomic E-state index is 6.24. The van der Waals surface area contributed by atoms with E-state index in [4.69, 9.17) is 23.2 Å². The highest BCUT2D eigenvalue weighted by atomic mass is 79.9. The Morgan fingerprint density at radius 1 is 1.12 bits per heavy atom. The summed E-state index contributed by atoms with van der Waals surface area (Å²) in [5.41, 5.74) is 1.18. The fourth-order valence-corrected chi connectivity index (χ4v) is 4.85. The van der Waals surface area contributed by atoms with Gasteiger partial charge in [-0.1, -0.05) is 75.0 Å². The first kappa shape index (κ1) is 15.8. The Bertz CT molecular complexity index is 353. The van der Waals surface area contributed by atoms with Crippen LogP contribution in [0.25, 0.3) is 0 Å². The Labute approximate surface area is 130 Å². The molecule has 0 N–H and O–H groups in total. The first-order chi connectivity index (χ1) is 7.96. The normalized spacial score (nSPS) is 12.2. The molecule has 0 fully saturated rings. The molecule has 0 aliphatic rings. The van der Waals surface area contributed by atoms with E-state index in [1.165, 1.54) is 0 Å². The number of rotatable bonds is 5. The second-order valence-corrected chi connectivity index (χ2v) is 6.60. The lowest BCUT2D eigenvalue weighted by Gasteiger charge is -2.35. The van der Waals surface area contributed by atoms with Gasteiger partial charge in [0, 0.05) is 20.7 Å². The molecule has 0 aromatic heterocycles. The molecule has 0 bridgehead atoms. The summed E-state index contributed by atoms with van der Waals surface area (Å²) in [6.07, 6.45) is 0.875. The van der Waals surface area contributed by atoms with Crippen molar-refractivity contribution in [3.63, 3.8) is 0 Å². The van der Waals surface area contributed by atoms with Crippen LogP contribution < -0.4 is 0 Å². The minimum absolute atomic E-state index is 0.134. The molecule has 0 nitrogen and oxygen atoms in total. The van der Waals surface area contributed by atoms with Gasteiger partial charge in [0.1, 0.15) is 0 Å². The van der Waals surface area contributed by atoms with Crippen molar-refractivity contribution in [2.45, 2.75) is 20.3 Å². The lowest BCUT2D eigenvalue weighted by atomic mass is 9.76. The molecule has 0 saturated heterocycles. The van der Waals surface area contributed by atoms with Crippen molar-refractivity contribution in [3.05, 3.63) is 33.8 Å². The maximum Gasteiger partial charge on any atom is 0.0453 e. The third-order valence-corrected chi connectivity index (χ3v) is 6.29. The average molecular weight is 403 g/mol. The highest BCUT2D eigenvalue weighted by Gasteiger charge is 2.33. The van der Waals surface area contributed by atoms with E-state index < -0.39 is 0 Å². The highest BCUT2D eigenvalue weighted by Crippen LogP contribution is 2.39. The maximum absolute atomic E-state index is 6.24. The summed E-state index contributed by atoms with van der Waals surface area (Å²) < 4.78 is 0. The Morgan fingerprint density at radius 3 is 1.94 bits per heavy atom. The van der Waals surface area contributed by atoms with Crippen LogP contribution >= 0.6 is 55.1 Å². The number of benzene rings is 1. The molecule has 0 atom stereocenters. The van der Waals surface area contributed by atoms with Crippen LogP contribution in [0.5, 0.6) is 0 Å². The molecule has 0 amide bonds. The van der Waals surface area contributed by atoms with Crippen LogP contribution in [0.4, 0.5) is 0 Å². The molecule has 1 aromatic carbocycles. The third-order valence-electron chi connectivity index (χ3n) is 3.35. The van der Waals surface area contributed by atoms with Gasteiger partial charge in [-0.3, -0.25) is 0 Å². The van der Waals surface area contributed by atoms with Crippen LogP contribution in [-0.2, 0) is 6.42 Å². The molecular formula is C13H16Br2Cl2.